The average Bonchev–Trinajstić information content (AvgIpc) is 2.77. The van der Waals surface area contributed by atoms with Crippen LogP contribution < -0.4 is 5.32 Å². The van der Waals surface area contributed by atoms with E-state index in [2.05, 4.69) is 56.9 Å². The molecule has 2 aromatic rings. The number of nitrogens with zero attached hydrogens (tertiary/aromatic N) is 4. The third-order valence-corrected chi connectivity index (χ3v) is 4.39. The predicted octanol–water partition coefficient (Wildman–Crippen LogP) is 3.83. The molecule has 0 amide bonds. The van der Waals surface area contributed by atoms with Gasteiger partial charge in [0.15, 0.2) is 0 Å². The molecule has 1 atom stereocenters. The molecule has 0 saturated heterocycles. The Kier molecular flexibility index (Phi) is 5.83. The van der Waals surface area contributed by atoms with Crippen molar-refractivity contribution in [2.75, 3.05) is 12.4 Å². The van der Waals surface area contributed by atoms with E-state index in [4.69, 9.17) is 9.72 Å². The van der Waals surface area contributed by atoms with Crippen molar-refractivity contribution >= 4 is 5.82 Å². The number of anilines is 1. The number of aryl methyl sites for hydroxylation is 2. The molecule has 0 aliphatic rings. The molecule has 6 nitrogen and oxygen atoms in total. The fourth-order valence-electron chi connectivity index (χ4n) is 2.98. The molecule has 1 unspecified atom stereocenters. The van der Waals surface area contributed by atoms with Crippen LogP contribution in [0, 0.1) is 13.8 Å². The van der Waals surface area contributed by atoms with Crippen molar-refractivity contribution in [2.24, 2.45) is 7.05 Å². The smallest absolute Gasteiger partial charge is 0.136 e. The standard InChI is InChI=1S/C19H31N5O/c1-9-15(17-12(2)23-24(7)13(17)3)21-16-10-14(11-25-8)20-18(22-16)19(4,5)6/h10,15H,9,11H2,1-8H3,(H,20,21,22). The first-order valence-electron chi connectivity index (χ1n) is 8.81. The fourth-order valence-corrected chi connectivity index (χ4v) is 2.98. The molecule has 0 aliphatic heterocycles. The Morgan fingerprint density at radius 2 is 1.92 bits per heavy atom. The molecule has 0 radical (unpaired) electrons. The third kappa shape index (κ3) is 4.37. The van der Waals surface area contributed by atoms with Gasteiger partial charge in [0, 0.05) is 36.9 Å². The Balaban J connectivity index is 2.41. The molecule has 0 bridgehead atoms. The van der Waals surface area contributed by atoms with Crippen molar-refractivity contribution in [1.29, 1.82) is 0 Å². The summed E-state index contributed by atoms with van der Waals surface area (Å²) in [6, 6.07) is 2.13. The van der Waals surface area contributed by atoms with Crippen LogP contribution in [0.5, 0.6) is 0 Å². The van der Waals surface area contributed by atoms with Gasteiger partial charge in [0.25, 0.3) is 0 Å². The molecule has 0 aliphatic carbocycles. The van der Waals surface area contributed by atoms with Crippen LogP contribution in [0.2, 0.25) is 0 Å². The molecule has 2 heterocycles. The Morgan fingerprint density at radius 3 is 2.40 bits per heavy atom. The molecule has 25 heavy (non-hydrogen) atoms. The first-order chi connectivity index (χ1) is 11.7. The minimum absolute atomic E-state index is 0.123. The lowest BCUT2D eigenvalue weighted by Gasteiger charge is -2.22. The van der Waals surface area contributed by atoms with E-state index in [0.29, 0.717) is 6.61 Å². The van der Waals surface area contributed by atoms with Crippen LogP contribution >= 0.6 is 0 Å². The normalized spacial score (nSPS) is 13.1. The zero-order valence-electron chi connectivity index (χ0n) is 16.8. The number of ether oxygens (including phenoxy) is 1. The number of hydrogen-bond acceptors (Lipinski definition) is 5. The van der Waals surface area contributed by atoms with Gasteiger partial charge in [-0.3, -0.25) is 4.68 Å². The first kappa shape index (κ1) is 19.4. The Bertz CT molecular complexity index is 730. The highest BCUT2D eigenvalue weighted by Gasteiger charge is 2.22. The molecule has 138 valence electrons. The highest BCUT2D eigenvalue weighted by molar-refractivity contribution is 5.42. The van der Waals surface area contributed by atoms with E-state index in [1.165, 1.54) is 11.3 Å². The monoisotopic (exact) mass is 345 g/mol. The summed E-state index contributed by atoms with van der Waals surface area (Å²) in [7, 11) is 3.67. The Morgan fingerprint density at radius 1 is 1.24 bits per heavy atom. The molecule has 6 heteroatoms. The molecule has 0 spiro atoms. The molecular formula is C19H31N5O. The van der Waals surface area contributed by atoms with Gasteiger partial charge in [-0.05, 0) is 20.3 Å². The van der Waals surface area contributed by atoms with Crippen molar-refractivity contribution in [3.8, 4) is 0 Å². The van der Waals surface area contributed by atoms with Gasteiger partial charge in [0.1, 0.15) is 11.6 Å². The van der Waals surface area contributed by atoms with Gasteiger partial charge in [-0.1, -0.05) is 27.7 Å². The Labute approximate surface area is 151 Å². The topological polar surface area (TPSA) is 64.9 Å². The summed E-state index contributed by atoms with van der Waals surface area (Å²) in [6.07, 6.45) is 0.946. The average molecular weight is 345 g/mol. The summed E-state index contributed by atoms with van der Waals surface area (Å²) in [4.78, 5) is 9.41. The second-order valence-corrected chi connectivity index (χ2v) is 7.56. The minimum atomic E-state index is -0.123. The van der Waals surface area contributed by atoms with Gasteiger partial charge in [-0.15, -0.1) is 0 Å². The van der Waals surface area contributed by atoms with Crippen molar-refractivity contribution in [1.82, 2.24) is 19.7 Å². The largest absolute Gasteiger partial charge is 0.378 e. The first-order valence-corrected chi connectivity index (χ1v) is 8.81. The summed E-state index contributed by atoms with van der Waals surface area (Å²) in [5.41, 5.74) is 4.25. The molecule has 2 rings (SSSR count). The van der Waals surface area contributed by atoms with Gasteiger partial charge in [0.05, 0.1) is 24.0 Å². The SMILES string of the molecule is CCC(Nc1cc(COC)nc(C(C)(C)C)n1)c1c(C)nn(C)c1C. The van der Waals surface area contributed by atoms with Gasteiger partial charge >= 0.3 is 0 Å². The molecular weight excluding hydrogens is 314 g/mol. The van der Waals surface area contributed by atoms with Crippen molar-refractivity contribution in [2.45, 2.75) is 66.0 Å². The highest BCUT2D eigenvalue weighted by atomic mass is 16.5. The van der Waals surface area contributed by atoms with Gasteiger partial charge < -0.3 is 10.1 Å². The summed E-state index contributed by atoms with van der Waals surface area (Å²) < 4.78 is 7.21. The minimum Gasteiger partial charge on any atom is -0.378 e. The van der Waals surface area contributed by atoms with Crippen LogP contribution in [0.4, 0.5) is 5.82 Å². The maximum absolute atomic E-state index is 5.28. The van der Waals surface area contributed by atoms with E-state index in [-0.39, 0.29) is 11.5 Å². The van der Waals surface area contributed by atoms with Gasteiger partial charge in [-0.2, -0.15) is 5.10 Å². The lowest BCUT2D eigenvalue weighted by atomic mass is 9.95. The van der Waals surface area contributed by atoms with Crippen molar-refractivity contribution < 1.29 is 4.74 Å². The van der Waals surface area contributed by atoms with E-state index in [1.807, 2.05) is 17.8 Å². The second-order valence-electron chi connectivity index (χ2n) is 7.56. The summed E-state index contributed by atoms with van der Waals surface area (Å²) in [5.74, 6) is 1.65. The van der Waals surface area contributed by atoms with Crippen LogP contribution in [-0.2, 0) is 23.8 Å². The van der Waals surface area contributed by atoms with Crippen LogP contribution in [-0.4, -0.2) is 26.9 Å². The van der Waals surface area contributed by atoms with Crippen LogP contribution in [0.15, 0.2) is 6.07 Å². The molecule has 0 saturated carbocycles. The van der Waals surface area contributed by atoms with E-state index in [0.717, 1.165) is 29.5 Å². The highest BCUT2D eigenvalue weighted by Crippen LogP contribution is 2.28. The number of rotatable bonds is 6. The maximum Gasteiger partial charge on any atom is 0.136 e. The second kappa shape index (κ2) is 7.52. The summed E-state index contributed by atoms with van der Waals surface area (Å²) in [5, 5.41) is 8.14. The van der Waals surface area contributed by atoms with Crippen LogP contribution in [0.1, 0.15) is 68.6 Å². The maximum atomic E-state index is 5.28. The number of methoxy groups -OCH3 is 1. The lowest BCUT2D eigenvalue weighted by molar-refractivity contribution is 0.181. The molecule has 0 aromatic carbocycles. The number of hydrogen-bond donors (Lipinski definition) is 1. The van der Waals surface area contributed by atoms with E-state index < -0.39 is 0 Å². The lowest BCUT2D eigenvalue weighted by Crippen LogP contribution is -2.20. The zero-order valence-corrected chi connectivity index (χ0v) is 16.8. The summed E-state index contributed by atoms with van der Waals surface area (Å²) >= 11 is 0. The predicted molar refractivity (Wildman–Crippen MR) is 101 cm³/mol. The molecule has 2 aromatic heterocycles. The molecule has 0 fully saturated rings. The Hall–Kier alpha value is -1.95. The van der Waals surface area contributed by atoms with E-state index in [9.17, 15) is 0 Å². The van der Waals surface area contributed by atoms with Crippen molar-refractivity contribution in [3.63, 3.8) is 0 Å². The van der Waals surface area contributed by atoms with Gasteiger partial charge in [-0.25, -0.2) is 9.97 Å². The van der Waals surface area contributed by atoms with Gasteiger partial charge in [0.2, 0.25) is 0 Å². The van der Waals surface area contributed by atoms with E-state index in [1.54, 1.807) is 7.11 Å². The zero-order chi connectivity index (χ0) is 18.8. The fraction of sp³-hybridized carbons (Fsp3) is 0.632. The van der Waals surface area contributed by atoms with Crippen LogP contribution in [0.3, 0.4) is 0 Å². The quantitative estimate of drug-likeness (QED) is 0.862. The number of nitrogens with one attached hydrogen (secondary N) is 1. The number of aromatic nitrogens is 4. The van der Waals surface area contributed by atoms with Crippen molar-refractivity contribution in [3.05, 3.63) is 34.5 Å². The van der Waals surface area contributed by atoms with Crippen LogP contribution in [0.25, 0.3) is 0 Å². The van der Waals surface area contributed by atoms with E-state index >= 15 is 0 Å². The summed E-state index contributed by atoms with van der Waals surface area (Å²) in [6.45, 7) is 13.2. The third-order valence-electron chi connectivity index (χ3n) is 4.39. The molecule has 1 N–H and O–H groups in total.